The molecule has 1 aliphatic heterocycles. The SMILES string of the molecule is CC(C)C(=O)N1C[C@H](c2ccccc2)N(C(=O)C(=O)Nc2cnc(N)c3c2cnn3C)C[C@H]1C. The van der Waals surface area contributed by atoms with Crippen LogP contribution in [0.2, 0.25) is 0 Å². The molecule has 4 rings (SSSR count). The summed E-state index contributed by atoms with van der Waals surface area (Å²) in [7, 11) is 1.72. The topological polar surface area (TPSA) is 126 Å². The lowest BCUT2D eigenvalue weighted by molar-refractivity contribution is -0.152. The van der Waals surface area contributed by atoms with E-state index in [-0.39, 0.29) is 30.2 Å². The van der Waals surface area contributed by atoms with Crippen molar-refractivity contribution in [3.05, 3.63) is 48.3 Å². The first kappa shape index (κ1) is 23.2. The highest BCUT2D eigenvalue weighted by molar-refractivity contribution is 6.40. The summed E-state index contributed by atoms with van der Waals surface area (Å²) in [5, 5.41) is 7.45. The molecule has 1 aromatic carbocycles. The molecular weight excluding hydrogens is 434 g/mol. The fraction of sp³-hybridized carbons (Fsp3) is 0.375. The fourth-order valence-corrected chi connectivity index (χ4v) is 4.41. The zero-order valence-electron chi connectivity index (χ0n) is 19.7. The third-order valence-electron chi connectivity index (χ3n) is 6.21. The van der Waals surface area contributed by atoms with Gasteiger partial charge >= 0.3 is 11.8 Å². The van der Waals surface area contributed by atoms with Crippen LogP contribution in [0.15, 0.2) is 42.7 Å². The van der Waals surface area contributed by atoms with Crippen LogP contribution in [-0.2, 0) is 21.4 Å². The third-order valence-corrected chi connectivity index (χ3v) is 6.21. The van der Waals surface area contributed by atoms with Crippen molar-refractivity contribution in [3.63, 3.8) is 0 Å². The van der Waals surface area contributed by atoms with Crippen LogP contribution in [0.25, 0.3) is 10.9 Å². The van der Waals surface area contributed by atoms with Gasteiger partial charge in [0.15, 0.2) is 0 Å². The Morgan fingerprint density at radius 1 is 1.09 bits per heavy atom. The van der Waals surface area contributed by atoms with E-state index in [0.717, 1.165) is 5.56 Å². The molecule has 10 nitrogen and oxygen atoms in total. The molecule has 34 heavy (non-hydrogen) atoms. The van der Waals surface area contributed by atoms with E-state index < -0.39 is 17.9 Å². The molecule has 0 unspecified atom stereocenters. The van der Waals surface area contributed by atoms with E-state index in [1.807, 2.05) is 51.1 Å². The van der Waals surface area contributed by atoms with Gasteiger partial charge in [0.05, 0.1) is 24.1 Å². The molecule has 3 heterocycles. The maximum absolute atomic E-state index is 13.4. The number of carbonyl (C=O) groups excluding carboxylic acids is 3. The summed E-state index contributed by atoms with van der Waals surface area (Å²) >= 11 is 0. The fourth-order valence-electron chi connectivity index (χ4n) is 4.41. The highest BCUT2D eigenvalue weighted by atomic mass is 16.2. The van der Waals surface area contributed by atoms with Gasteiger partial charge in [-0.1, -0.05) is 44.2 Å². The van der Waals surface area contributed by atoms with Gasteiger partial charge in [-0.25, -0.2) is 4.98 Å². The number of nitrogens with one attached hydrogen (secondary N) is 1. The Kier molecular flexibility index (Phi) is 6.23. The lowest BCUT2D eigenvalue weighted by atomic mass is 9.98. The highest BCUT2D eigenvalue weighted by Crippen LogP contribution is 2.30. The highest BCUT2D eigenvalue weighted by Gasteiger charge is 2.40. The predicted molar refractivity (Wildman–Crippen MR) is 128 cm³/mol. The number of aryl methyl sites for hydroxylation is 1. The molecule has 1 fully saturated rings. The number of aromatic nitrogens is 3. The molecule has 1 saturated heterocycles. The minimum Gasteiger partial charge on any atom is -0.382 e. The number of amides is 3. The minimum absolute atomic E-state index is 0.0249. The molecule has 2 atom stereocenters. The third kappa shape index (κ3) is 4.18. The number of nitrogens with zero attached hydrogens (tertiary/aromatic N) is 5. The van der Waals surface area contributed by atoms with Gasteiger partial charge < -0.3 is 20.9 Å². The summed E-state index contributed by atoms with van der Waals surface area (Å²) in [6.07, 6.45) is 2.99. The Morgan fingerprint density at radius 3 is 2.47 bits per heavy atom. The van der Waals surface area contributed by atoms with E-state index in [2.05, 4.69) is 15.4 Å². The zero-order valence-corrected chi connectivity index (χ0v) is 19.7. The molecule has 0 radical (unpaired) electrons. The monoisotopic (exact) mass is 463 g/mol. The molecule has 178 valence electrons. The summed E-state index contributed by atoms with van der Waals surface area (Å²) in [5.74, 6) is -1.32. The Bertz CT molecular complexity index is 1240. The van der Waals surface area contributed by atoms with Gasteiger partial charge in [0.2, 0.25) is 5.91 Å². The van der Waals surface area contributed by atoms with E-state index in [9.17, 15) is 14.4 Å². The molecule has 3 amide bonds. The van der Waals surface area contributed by atoms with E-state index in [1.54, 1.807) is 27.7 Å². The molecule has 1 aliphatic rings. The van der Waals surface area contributed by atoms with Crippen LogP contribution >= 0.6 is 0 Å². The van der Waals surface area contributed by atoms with Crippen LogP contribution in [0, 0.1) is 5.92 Å². The van der Waals surface area contributed by atoms with Crippen LogP contribution in [0.1, 0.15) is 32.4 Å². The van der Waals surface area contributed by atoms with Gasteiger partial charge in [0.1, 0.15) is 11.3 Å². The first-order valence-electron chi connectivity index (χ1n) is 11.2. The van der Waals surface area contributed by atoms with Crippen LogP contribution in [-0.4, -0.2) is 61.4 Å². The smallest absolute Gasteiger partial charge is 0.313 e. The minimum atomic E-state index is -0.784. The lowest BCUT2D eigenvalue weighted by Crippen LogP contribution is -2.59. The second-order valence-corrected chi connectivity index (χ2v) is 8.92. The average Bonchev–Trinajstić information content (AvgIpc) is 3.22. The molecule has 0 bridgehead atoms. The molecular formula is C24H29N7O3. The van der Waals surface area contributed by atoms with E-state index in [4.69, 9.17) is 5.73 Å². The Labute approximate surface area is 197 Å². The van der Waals surface area contributed by atoms with Crippen molar-refractivity contribution < 1.29 is 14.4 Å². The maximum Gasteiger partial charge on any atom is 0.313 e. The quantitative estimate of drug-likeness (QED) is 0.572. The number of piperazine rings is 1. The summed E-state index contributed by atoms with van der Waals surface area (Å²) in [6.45, 7) is 6.17. The van der Waals surface area contributed by atoms with E-state index >= 15 is 0 Å². The average molecular weight is 464 g/mol. The second-order valence-electron chi connectivity index (χ2n) is 8.92. The molecule has 2 aromatic heterocycles. The Morgan fingerprint density at radius 2 is 1.79 bits per heavy atom. The van der Waals surface area contributed by atoms with Crippen LogP contribution in [0.4, 0.5) is 11.5 Å². The van der Waals surface area contributed by atoms with Gasteiger partial charge in [0, 0.05) is 37.5 Å². The van der Waals surface area contributed by atoms with E-state index in [0.29, 0.717) is 23.1 Å². The molecule has 0 aliphatic carbocycles. The Balaban J connectivity index is 1.62. The van der Waals surface area contributed by atoms with Crippen molar-refractivity contribution in [2.75, 3.05) is 24.1 Å². The molecule has 0 spiro atoms. The van der Waals surface area contributed by atoms with Gasteiger partial charge in [-0.2, -0.15) is 5.10 Å². The van der Waals surface area contributed by atoms with Crippen molar-refractivity contribution >= 4 is 40.1 Å². The van der Waals surface area contributed by atoms with Gasteiger partial charge in [-0.3, -0.25) is 19.1 Å². The van der Waals surface area contributed by atoms with Crippen molar-refractivity contribution in [3.8, 4) is 0 Å². The number of benzene rings is 1. The number of carbonyl (C=O) groups is 3. The van der Waals surface area contributed by atoms with Crippen LogP contribution < -0.4 is 11.1 Å². The molecule has 3 N–H and O–H groups in total. The number of rotatable bonds is 3. The van der Waals surface area contributed by atoms with Crippen molar-refractivity contribution in [2.45, 2.75) is 32.9 Å². The summed E-state index contributed by atoms with van der Waals surface area (Å²) in [5.41, 5.74) is 7.73. The molecule has 10 heteroatoms. The van der Waals surface area contributed by atoms with Crippen molar-refractivity contribution in [1.82, 2.24) is 24.6 Å². The first-order chi connectivity index (χ1) is 16.2. The Hall–Kier alpha value is -3.95. The second kappa shape index (κ2) is 9.12. The zero-order chi connectivity index (χ0) is 24.6. The number of hydrogen-bond donors (Lipinski definition) is 2. The molecule has 0 saturated carbocycles. The maximum atomic E-state index is 13.4. The van der Waals surface area contributed by atoms with Gasteiger partial charge in [-0.05, 0) is 12.5 Å². The van der Waals surface area contributed by atoms with Crippen molar-refractivity contribution in [2.24, 2.45) is 13.0 Å². The number of fused-ring (bicyclic) bond motifs is 1. The van der Waals surface area contributed by atoms with E-state index in [1.165, 1.54) is 6.20 Å². The lowest BCUT2D eigenvalue weighted by Gasteiger charge is -2.45. The standard InChI is InChI=1S/C24H29N7O3/c1-14(2)23(33)30-13-19(16-8-6-5-7-9-16)31(12-15(30)3)24(34)22(32)28-18-11-26-21(25)20-17(18)10-27-29(20)4/h5-11,14-15,19H,12-13H2,1-4H3,(H2,25,26)(H,28,32)/t15-,19-/m1/s1. The largest absolute Gasteiger partial charge is 0.382 e. The van der Waals surface area contributed by atoms with Gasteiger partial charge in [-0.15, -0.1) is 0 Å². The number of anilines is 2. The molecule has 3 aromatic rings. The van der Waals surface area contributed by atoms with Gasteiger partial charge in [0.25, 0.3) is 0 Å². The predicted octanol–water partition coefficient (Wildman–Crippen LogP) is 1.95. The van der Waals surface area contributed by atoms with Crippen molar-refractivity contribution in [1.29, 1.82) is 0 Å². The number of nitrogen functional groups attached to an aromatic ring is 1. The number of hydrogen-bond acceptors (Lipinski definition) is 6. The van der Waals surface area contributed by atoms with Crippen LogP contribution in [0.5, 0.6) is 0 Å². The summed E-state index contributed by atoms with van der Waals surface area (Å²) in [4.78, 5) is 46.8. The first-order valence-corrected chi connectivity index (χ1v) is 11.2. The number of nitrogens with two attached hydrogens (primary N) is 1. The normalized spacial score (nSPS) is 18.4. The van der Waals surface area contributed by atoms with Crippen LogP contribution in [0.3, 0.4) is 0 Å². The number of pyridine rings is 1. The summed E-state index contributed by atoms with van der Waals surface area (Å²) in [6, 6.07) is 8.78. The summed E-state index contributed by atoms with van der Waals surface area (Å²) < 4.78 is 1.56.